The van der Waals surface area contributed by atoms with Crippen LogP contribution in [0.15, 0.2) is 18.2 Å². The Bertz CT molecular complexity index is 355. The molecule has 3 nitrogen and oxygen atoms in total. The highest BCUT2D eigenvalue weighted by Crippen LogP contribution is 2.30. The highest BCUT2D eigenvalue weighted by molar-refractivity contribution is 6.30. The van der Waals surface area contributed by atoms with Crippen molar-refractivity contribution in [3.63, 3.8) is 0 Å². The van der Waals surface area contributed by atoms with Crippen molar-refractivity contribution in [2.45, 2.75) is 25.8 Å². The van der Waals surface area contributed by atoms with Crippen LogP contribution in [-0.4, -0.2) is 26.7 Å². The number of nitrogens with two attached hydrogens (primary N) is 1. The van der Waals surface area contributed by atoms with Gasteiger partial charge in [0.25, 0.3) is 0 Å². The van der Waals surface area contributed by atoms with Gasteiger partial charge in [0, 0.05) is 24.7 Å². The summed E-state index contributed by atoms with van der Waals surface area (Å²) in [5.74, 6) is 0.845. The Morgan fingerprint density at radius 3 is 2.76 bits per heavy atom. The number of ether oxygens (including phenoxy) is 1. The highest BCUT2D eigenvalue weighted by atomic mass is 35.5. The monoisotopic (exact) mass is 256 g/mol. The Labute approximate surface area is 109 Å². The minimum absolute atomic E-state index is 0.254. The molecule has 0 saturated heterocycles. The number of hydrogen-bond acceptors (Lipinski definition) is 3. The van der Waals surface area contributed by atoms with Gasteiger partial charge in [-0.2, -0.15) is 0 Å². The van der Waals surface area contributed by atoms with Crippen LogP contribution in [0.25, 0.3) is 0 Å². The maximum atomic E-state index is 6.00. The molecule has 1 aromatic rings. The lowest BCUT2D eigenvalue weighted by atomic mass is 10.2. The van der Waals surface area contributed by atoms with Crippen molar-refractivity contribution in [2.24, 2.45) is 5.73 Å². The molecule has 0 fully saturated rings. The molecule has 0 bridgehead atoms. The van der Waals surface area contributed by atoms with E-state index in [1.165, 1.54) is 0 Å². The smallest absolute Gasteiger partial charge is 0.142 e. The molecule has 2 N–H and O–H groups in total. The van der Waals surface area contributed by atoms with Crippen LogP contribution in [-0.2, 0) is 0 Å². The second kappa shape index (κ2) is 6.72. The zero-order chi connectivity index (χ0) is 12.8. The summed E-state index contributed by atoms with van der Waals surface area (Å²) in [6.07, 6.45) is 2.08. The van der Waals surface area contributed by atoms with Gasteiger partial charge in [-0.05, 0) is 38.0 Å². The SMILES string of the molecule is COc1ccc(Cl)cc1N(C)CCCC(C)N. The highest BCUT2D eigenvalue weighted by Gasteiger charge is 2.08. The molecule has 17 heavy (non-hydrogen) atoms. The quantitative estimate of drug-likeness (QED) is 0.851. The standard InChI is InChI=1S/C13H21ClN2O/c1-10(15)5-4-8-16(2)12-9-11(14)6-7-13(12)17-3/h6-7,9-10H,4-5,8,15H2,1-3H3. The van der Waals surface area contributed by atoms with Crippen molar-refractivity contribution >= 4 is 17.3 Å². The number of rotatable bonds is 6. The number of anilines is 1. The van der Waals surface area contributed by atoms with Crippen molar-refractivity contribution in [2.75, 3.05) is 25.6 Å². The maximum absolute atomic E-state index is 6.00. The normalized spacial score (nSPS) is 12.3. The van der Waals surface area contributed by atoms with Crippen molar-refractivity contribution in [1.29, 1.82) is 0 Å². The van der Waals surface area contributed by atoms with Crippen LogP contribution in [0.2, 0.25) is 5.02 Å². The predicted molar refractivity (Wildman–Crippen MR) is 74.2 cm³/mol. The first-order valence-corrected chi connectivity index (χ1v) is 6.22. The summed E-state index contributed by atoms with van der Waals surface area (Å²) in [6, 6.07) is 5.90. The van der Waals surface area contributed by atoms with Gasteiger partial charge < -0.3 is 15.4 Å². The molecule has 0 spiro atoms. The van der Waals surface area contributed by atoms with Gasteiger partial charge in [-0.25, -0.2) is 0 Å². The van der Waals surface area contributed by atoms with E-state index < -0.39 is 0 Å². The van der Waals surface area contributed by atoms with Crippen LogP contribution in [0.3, 0.4) is 0 Å². The Kier molecular flexibility index (Phi) is 5.59. The summed E-state index contributed by atoms with van der Waals surface area (Å²) in [6.45, 7) is 2.97. The molecule has 0 aromatic heterocycles. The van der Waals surface area contributed by atoms with E-state index in [-0.39, 0.29) is 6.04 Å². The Hall–Kier alpha value is -0.930. The average Bonchev–Trinajstić information content (AvgIpc) is 2.28. The van der Waals surface area contributed by atoms with Gasteiger partial charge >= 0.3 is 0 Å². The predicted octanol–water partition coefficient (Wildman–Crippen LogP) is 2.91. The van der Waals surface area contributed by atoms with Crippen molar-refractivity contribution in [3.8, 4) is 5.75 Å². The van der Waals surface area contributed by atoms with E-state index in [0.717, 1.165) is 35.8 Å². The first-order valence-electron chi connectivity index (χ1n) is 5.85. The second-order valence-corrected chi connectivity index (χ2v) is 4.79. The van der Waals surface area contributed by atoms with E-state index in [1.807, 2.05) is 32.2 Å². The zero-order valence-corrected chi connectivity index (χ0v) is 11.5. The zero-order valence-electron chi connectivity index (χ0n) is 10.7. The van der Waals surface area contributed by atoms with Crippen LogP contribution < -0.4 is 15.4 Å². The molecule has 4 heteroatoms. The number of nitrogens with zero attached hydrogens (tertiary/aromatic N) is 1. The lowest BCUT2D eigenvalue weighted by molar-refractivity contribution is 0.414. The van der Waals surface area contributed by atoms with E-state index in [1.54, 1.807) is 7.11 Å². The van der Waals surface area contributed by atoms with Crippen molar-refractivity contribution in [3.05, 3.63) is 23.2 Å². The van der Waals surface area contributed by atoms with E-state index in [4.69, 9.17) is 22.1 Å². The van der Waals surface area contributed by atoms with Gasteiger partial charge in [-0.15, -0.1) is 0 Å². The molecule has 1 unspecified atom stereocenters. The van der Waals surface area contributed by atoms with Gasteiger partial charge in [0.2, 0.25) is 0 Å². The molecule has 0 radical (unpaired) electrons. The molecule has 0 amide bonds. The Morgan fingerprint density at radius 2 is 2.18 bits per heavy atom. The second-order valence-electron chi connectivity index (χ2n) is 4.36. The van der Waals surface area contributed by atoms with Crippen LogP contribution in [0.5, 0.6) is 5.75 Å². The Morgan fingerprint density at radius 1 is 1.47 bits per heavy atom. The van der Waals surface area contributed by atoms with E-state index in [0.29, 0.717) is 0 Å². The third-order valence-electron chi connectivity index (χ3n) is 2.71. The molecule has 0 saturated carbocycles. The molecule has 0 heterocycles. The van der Waals surface area contributed by atoms with Gasteiger partial charge in [0.1, 0.15) is 5.75 Å². The summed E-state index contributed by atoms with van der Waals surface area (Å²) in [5, 5.41) is 0.722. The molecule has 0 aliphatic carbocycles. The molecule has 0 aliphatic heterocycles. The number of methoxy groups -OCH3 is 1. The lowest BCUT2D eigenvalue weighted by Crippen LogP contribution is -2.22. The summed E-state index contributed by atoms with van der Waals surface area (Å²) >= 11 is 6.00. The first kappa shape index (κ1) is 14.1. The molecular weight excluding hydrogens is 236 g/mol. The topological polar surface area (TPSA) is 38.5 Å². The molecule has 96 valence electrons. The molecule has 1 atom stereocenters. The third-order valence-corrected chi connectivity index (χ3v) is 2.94. The van der Waals surface area contributed by atoms with E-state index in [2.05, 4.69) is 4.90 Å². The van der Waals surface area contributed by atoms with E-state index >= 15 is 0 Å². The van der Waals surface area contributed by atoms with Gasteiger partial charge in [-0.3, -0.25) is 0 Å². The minimum Gasteiger partial charge on any atom is -0.495 e. The summed E-state index contributed by atoms with van der Waals surface area (Å²) < 4.78 is 5.32. The molecular formula is C13H21ClN2O. The maximum Gasteiger partial charge on any atom is 0.142 e. The van der Waals surface area contributed by atoms with Crippen molar-refractivity contribution < 1.29 is 4.74 Å². The van der Waals surface area contributed by atoms with Crippen molar-refractivity contribution in [1.82, 2.24) is 0 Å². The summed E-state index contributed by atoms with van der Waals surface area (Å²) in [4.78, 5) is 2.15. The number of halogens is 1. The van der Waals surface area contributed by atoms with Crippen LogP contribution >= 0.6 is 11.6 Å². The van der Waals surface area contributed by atoms with E-state index in [9.17, 15) is 0 Å². The largest absolute Gasteiger partial charge is 0.495 e. The fourth-order valence-corrected chi connectivity index (χ4v) is 1.90. The van der Waals surface area contributed by atoms with Crippen LogP contribution in [0, 0.1) is 0 Å². The van der Waals surface area contributed by atoms with Gasteiger partial charge in [-0.1, -0.05) is 11.6 Å². The lowest BCUT2D eigenvalue weighted by Gasteiger charge is -2.22. The van der Waals surface area contributed by atoms with Crippen LogP contribution in [0.1, 0.15) is 19.8 Å². The molecule has 0 aliphatic rings. The minimum atomic E-state index is 0.254. The fourth-order valence-electron chi connectivity index (χ4n) is 1.73. The first-order chi connectivity index (χ1) is 8.04. The molecule has 1 rings (SSSR count). The fraction of sp³-hybridized carbons (Fsp3) is 0.538. The third kappa shape index (κ3) is 4.44. The number of benzene rings is 1. The number of hydrogen-bond donors (Lipinski definition) is 1. The van der Waals surface area contributed by atoms with Crippen LogP contribution in [0.4, 0.5) is 5.69 Å². The summed E-state index contributed by atoms with van der Waals surface area (Å²) in [7, 11) is 3.71. The van der Waals surface area contributed by atoms with Gasteiger partial charge in [0.15, 0.2) is 0 Å². The molecule has 1 aromatic carbocycles. The average molecular weight is 257 g/mol. The van der Waals surface area contributed by atoms with Gasteiger partial charge in [0.05, 0.1) is 12.8 Å². The summed E-state index contributed by atoms with van der Waals surface area (Å²) in [5.41, 5.74) is 6.75. The Balaban J connectivity index is 2.66.